The van der Waals surface area contributed by atoms with Gasteiger partial charge in [0.05, 0.1) is 34.5 Å². The molecule has 0 radical (unpaired) electrons. The second kappa shape index (κ2) is 7.85. The number of nitrogens with zero attached hydrogens (tertiary/aromatic N) is 1. The van der Waals surface area contributed by atoms with Gasteiger partial charge < -0.3 is 20.3 Å². The Labute approximate surface area is 161 Å². The zero-order valence-electron chi connectivity index (χ0n) is 14.0. The smallest absolute Gasteiger partial charge is 0.262 e. The fourth-order valence-corrected chi connectivity index (χ4v) is 3.07. The maximum absolute atomic E-state index is 12.5. The fraction of sp³-hybridized carbons (Fsp3) is 0.222. The lowest BCUT2D eigenvalue weighted by atomic mass is 10.1. The van der Waals surface area contributed by atoms with E-state index in [0.29, 0.717) is 16.5 Å². The number of likely N-dealkylation sites (N-methyl/N-ethyl adjacent to an activating group) is 1. The minimum Gasteiger partial charge on any atom is -0.477 e. The number of nitrogens with one attached hydrogen (secondary N) is 2. The molecule has 136 valence electrons. The van der Waals surface area contributed by atoms with Crippen molar-refractivity contribution >= 4 is 46.4 Å². The summed E-state index contributed by atoms with van der Waals surface area (Å²) in [5, 5.41) is 5.97. The van der Waals surface area contributed by atoms with Crippen LogP contribution in [0.1, 0.15) is 0 Å². The maximum Gasteiger partial charge on any atom is 0.262 e. The predicted molar refractivity (Wildman–Crippen MR) is 102 cm³/mol. The van der Waals surface area contributed by atoms with Gasteiger partial charge in [-0.1, -0.05) is 41.4 Å². The van der Waals surface area contributed by atoms with Crippen molar-refractivity contribution in [2.45, 2.75) is 6.10 Å². The lowest BCUT2D eigenvalue weighted by molar-refractivity contribution is -0.127. The molecule has 0 saturated carbocycles. The first-order valence-electron chi connectivity index (χ1n) is 7.95. The topological polar surface area (TPSA) is 70.7 Å². The lowest BCUT2D eigenvalue weighted by Crippen LogP contribution is -2.50. The van der Waals surface area contributed by atoms with Crippen LogP contribution in [0.3, 0.4) is 0 Å². The zero-order chi connectivity index (χ0) is 18.7. The number of benzene rings is 2. The SMILES string of the molecule is CNC(=O)[C@H]1CN(CC(=O)Nc2cccc(Cl)c2Cl)c2ccccc2O1. The van der Waals surface area contributed by atoms with E-state index in [0.717, 1.165) is 5.69 Å². The number of carbonyl (C=O) groups is 2. The highest BCUT2D eigenvalue weighted by atomic mass is 35.5. The molecule has 0 fully saturated rings. The van der Waals surface area contributed by atoms with E-state index in [-0.39, 0.29) is 29.9 Å². The molecule has 8 heteroatoms. The van der Waals surface area contributed by atoms with Gasteiger partial charge in [-0.15, -0.1) is 0 Å². The molecule has 0 bridgehead atoms. The molecular weight excluding hydrogens is 377 g/mol. The first-order chi connectivity index (χ1) is 12.5. The Morgan fingerprint density at radius 3 is 2.73 bits per heavy atom. The summed E-state index contributed by atoms with van der Waals surface area (Å²) in [5.74, 6) is 0.0326. The number of hydrogen-bond acceptors (Lipinski definition) is 4. The van der Waals surface area contributed by atoms with Crippen LogP contribution in [-0.4, -0.2) is 38.1 Å². The molecule has 1 atom stereocenters. The number of fused-ring (bicyclic) bond motifs is 1. The fourth-order valence-electron chi connectivity index (χ4n) is 2.72. The zero-order valence-corrected chi connectivity index (χ0v) is 15.5. The first-order valence-corrected chi connectivity index (χ1v) is 8.71. The van der Waals surface area contributed by atoms with Crippen LogP contribution >= 0.6 is 23.2 Å². The van der Waals surface area contributed by atoms with Crippen molar-refractivity contribution in [1.82, 2.24) is 5.32 Å². The maximum atomic E-state index is 12.5. The lowest BCUT2D eigenvalue weighted by Gasteiger charge is -2.35. The van der Waals surface area contributed by atoms with Crippen molar-refractivity contribution in [2.75, 3.05) is 30.4 Å². The van der Waals surface area contributed by atoms with E-state index in [4.69, 9.17) is 27.9 Å². The number of para-hydroxylation sites is 2. The first kappa shape index (κ1) is 18.4. The van der Waals surface area contributed by atoms with E-state index in [1.165, 1.54) is 0 Å². The van der Waals surface area contributed by atoms with Crippen molar-refractivity contribution < 1.29 is 14.3 Å². The number of amides is 2. The summed E-state index contributed by atoms with van der Waals surface area (Å²) in [5.41, 5.74) is 1.19. The Morgan fingerprint density at radius 2 is 1.96 bits per heavy atom. The molecule has 2 aromatic carbocycles. The second-order valence-electron chi connectivity index (χ2n) is 5.72. The summed E-state index contributed by atoms with van der Waals surface area (Å²) in [4.78, 5) is 26.3. The Kier molecular flexibility index (Phi) is 5.54. The third-order valence-corrected chi connectivity index (χ3v) is 4.78. The van der Waals surface area contributed by atoms with Crippen molar-refractivity contribution in [3.8, 4) is 5.75 Å². The van der Waals surface area contributed by atoms with Gasteiger partial charge in [-0.2, -0.15) is 0 Å². The third kappa shape index (κ3) is 3.86. The summed E-state index contributed by atoms with van der Waals surface area (Å²) in [6.45, 7) is 0.296. The Morgan fingerprint density at radius 1 is 1.19 bits per heavy atom. The van der Waals surface area contributed by atoms with Crippen molar-refractivity contribution in [2.24, 2.45) is 0 Å². The van der Waals surface area contributed by atoms with Crippen LogP contribution in [0.4, 0.5) is 11.4 Å². The molecule has 0 aromatic heterocycles. The Hall–Kier alpha value is -2.44. The number of anilines is 2. The van der Waals surface area contributed by atoms with Gasteiger partial charge in [-0.25, -0.2) is 0 Å². The minimum absolute atomic E-state index is 0.0384. The average Bonchev–Trinajstić information content (AvgIpc) is 2.64. The number of ether oxygens (including phenoxy) is 1. The van der Waals surface area contributed by atoms with Gasteiger partial charge in [-0.3, -0.25) is 9.59 Å². The van der Waals surface area contributed by atoms with Crippen LogP contribution in [-0.2, 0) is 9.59 Å². The molecule has 26 heavy (non-hydrogen) atoms. The number of carbonyl (C=O) groups excluding carboxylic acids is 2. The molecule has 2 N–H and O–H groups in total. The highest BCUT2D eigenvalue weighted by Crippen LogP contribution is 2.33. The standard InChI is InChI=1S/C18H17Cl2N3O3/c1-21-18(25)15-9-23(13-7-2-3-8-14(13)26-15)10-16(24)22-12-6-4-5-11(19)17(12)20/h2-8,15H,9-10H2,1H3,(H,21,25)(H,22,24)/t15-/m1/s1. The summed E-state index contributed by atoms with van der Waals surface area (Å²) in [7, 11) is 1.55. The number of hydrogen-bond donors (Lipinski definition) is 2. The van der Waals surface area contributed by atoms with E-state index in [9.17, 15) is 9.59 Å². The molecule has 0 aliphatic carbocycles. The van der Waals surface area contributed by atoms with E-state index in [1.807, 2.05) is 18.2 Å². The molecule has 2 amide bonds. The molecule has 0 saturated heterocycles. The molecule has 1 heterocycles. The van der Waals surface area contributed by atoms with Gasteiger partial charge >= 0.3 is 0 Å². The Bertz CT molecular complexity index is 844. The summed E-state index contributed by atoms with van der Waals surface area (Å²) >= 11 is 12.1. The van der Waals surface area contributed by atoms with E-state index in [1.54, 1.807) is 36.2 Å². The van der Waals surface area contributed by atoms with Crippen molar-refractivity contribution in [3.05, 3.63) is 52.5 Å². The summed E-state index contributed by atoms with van der Waals surface area (Å²) in [6.07, 6.45) is -0.697. The molecule has 3 rings (SSSR count). The van der Waals surface area contributed by atoms with Gasteiger partial charge in [0.15, 0.2) is 6.10 Å². The molecule has 0 unspecified atom stereocenters. The third-order valence-electron chi connectivity index (χ3n) is 3.96. The van der Waals surface area contributed by atoms with Gasteiger partial charge in [0.2, 0.25) is 5.91 Å². The highest BCUT2D eigenvalue weighted by molar-refractivity contribution is 6.44. The van der Waals surface area contributed by atoms with Crippen LogP contribution in [0.5, 0.6) is 5.75 Å². The number of halogens is 2. The van der Waals surface area contributed by atoms with Crippen LogP contribution < -0.4 is 20.3 Å². The molecule has 1 aliphatic heterocycles. The van der Waals surface area contributed by atoms with Gasteiger partial charge in [0, 0.05) is 7.05 Å². The second-order valence-corrected chi connectivity index (χ2v) is 6.50. The van der Waals surface area contributed by atoms with Crippen LogP contribution in [0.15, 0.2) is 42.5 Å². The van der Waals surface area contributed by atoms with Crippen LogP contribution in [0.2, 0.25) is 10.0 Å². The predicted octanol–water partition coefficient (Wildman–Crippen LogP) is 2.95. The minimum atomic E-state index is -0.697. The molecule has 1 aliphatic rings. The van der Waals surface area contributed by atoms with Crippen LogP contribution in [0.25, 0.3) is 0 Å². The van der Waals surface area contributed by atoms with Gasteiger partial charge in [0.1, 0.15) is 5.75 Å². The van der Waals surface area contributed by atoms with E-state index >= 15 is 0 Å². The molecular formula is C18H17Cl2N3O3. The molecule has 6 nitrogen and oxygen atoms in total. The largest absolute Gasteiger partial charge is 0.477 e. The van der Waals surface area contributed by atoms with Crippen LogP contribution in [0, 0.1) is 0 Å². The summed E-state index contributed by atoms with van der Waals surface area (Å²) < 4.78 is 5.73. The molecule has 2 aromatic rings. The van der Waals surface area contributed by atoms with Gasteiger partial charge in [-0.05, 0) is 24.3 Å². The van der Waals surface area contributed by atoms with E-state index < -0.39 is 6.10 Å². The van der Waals surface area contributed by atoms with Crippen molar-refractivity contribution in [1.29, 1.82) is 0 Å². The monoisotopic (exact) mass is 393 g/mol. The highest BCUT2D eigenvalue weighted by Gasteiger charge is 2.31. The normalized spacial score (nSPS) is 15.7. The van der Waals surface area contributed by atoms with Gasteiger partial charge in [0.25, 0.3) is 5.91 Å². The quantitative estimate of drug-likeness (QED) is 0.837. The number of rotatable bonds is 4. The van der Waals surface area contributed by atoms with E-state index in [2.05, 4.69) is 10.6 Å². The Balaban J connectivity index is 1.78. The summed E-state index contributed by atoms with van der Waals surface area (Å²) in [6, 6.07) is 12.3. The average molecular weight is 394 g/mol. The van der Waals surface area contributed by atoms with Crippen molar-refractivity contribution in [3.63, 3.8) is 0 Å². The molecule has 0 spiro atoms.